The molecular formula is C13H17NO3. The van der Waals surface area contributed by atoms with Crippen LogP contribution in [-0.4, -0.2) is 38.3 Å². The van der Waals surface area contributed by atoms with Crippen molar-refractivity contribution in [2.45, 2.75) is 12.8 Å². The molecule has 1 aromatic carbocycles. The van der Waals surface area contributed by atoms with Crippen LogP contribution in [0.25, 0.3) is 0 Å². The predicted octanol–water partition coefficient (Wildman–Crippen LogP) is 1.53. The Balaban J connectivity index is 3.03. The van der Waals surface area contributed by atoms with E-state index in [4.69, 9.17) is 4.74 Å². The van der Waals surface area contributed by atoms with E-state index < -0.39 is 0 Å². The average molecular weight is 235 g/mol. The Labute approximate surface area is 101 Å². The highest BCUT2D eigenvalue weighted by Crippen LogP contribution is 2.21. The van der Waals surface area contributed by atoms with Crippen molar-refractivity contribution in [2.24, 2.45) is 0 Å². The number of hydrogen-bond donors (Lipinski definition) is 0. The minimum Gasteiger partial charge on any atom is -0.496 e. The van der Waals surface area contributed by atoms with Gasteiger partial charge in [0.2, 0.25) is 0 Å². The molecule has 0 N–H and O–H groups in total. The molecule has 4 nitrogen and oxygen atoms in total. The second-order valence-corrected chi connectivity index (χ2v) is 3.93. The van der Waals surface area contributed by atoms with Gasteiger partial charge in [0.25, 0.3) is 5.91 Å². The van der Waals surface area contributed by atoms with E-state index >= 15 is 0 Å². The summed E-state index contributed by atoms with van der Waals surface area (Å²) in [5.74, 6) is 0.655. The first-order valence-electron chi connectivity index (χ1n) is 5.42. The van der Waals surface area contributed by atoms with Crippen molar-refractivity contribution in [3.05, 3.63) is 29.3 Å². The van der Waals surface area contributed by atoms with E-state index in [1.54, 1.807) is 39.4 Å². The molecule has 0 radical (unpaired) electrons. The van der Waals surface area contributed by atoms with E-state index in [9.17, 15) is 9.59 Å². The lowest BCUT2D eigenvalue weighted by Crippen LogP contribution is -2.21. The number of hydrogen-bond acceptors (Lipinski definition) is 3. The molecule has 0 heterocycles. The summed E-state index contributed by atoms with van der Waals surface area (Å²) < 4.78 is 5.20. The first-order chi connectivity index (χ1) is 8.10. The molecule has 17 heavy (non-hydrogen) atoms. The predicted molar refractivity (Wildman–Crippen MR) is 65.4 cm³/mol. The minimum absolute atomic E-state index is 0.0555. The summed E-state index contributed by atoms with van der Waals surface area (Å²) in [6.45, 7) is 0. The lowest BCUT2D eigenvalue weighted by molar-refractivity contribution is -0.107. The van der Waals surface area contributed by atoms with Crippen molar-refractivity contribution in [3.8, 4) is 5.75 Å². The smallest absolute Gasteiger partial charge is 0.253 e. The molecular weight excluding hydrogens is 218 g/mol. The van der Waals surface area contributed by atoms with E-state index in [2.05, 4.69) is 0 Å². The summed E-state index contributed by atoms with van der Waals surface area (Å²) in [7, 11) is 4.99. The van der Waals surface area contributed by atoms with Crippen LogP contribution in [0.15, 0.2) is 18.2 Å². The standard InChI is InChI=1S/C13H17NO3/c1-14(2)13(16)11-6-7-12(17-3)10(9-11)5-4-8-15/h6-9H,4-5H2,1-3H3. The highest BCUT2D eigenvalue weighted by molar-refractivity contribution is 5.94. The second kappa shape index (κ2) is 6.03. The third-order valence-corrected chi connectivity index (χ3v) is 2.47. The molecule has 0 saturated heterocycles. The first kappa shape index (κ1) is 13.2. The molecule has 1 amide bonds. The van der Waals surface area contributed by atoms with E-state index in [1.807, 2.05) is 0 Å². The second-order valence-electron chi connectivity index (χ2n) is 3.93. The topological polar surface area (TPSA) is 46.6 Å². The van der Waals surface area contributed by atoms with Gasteiger partial charge in [-0.15, -0.1) is 0 Å². The van der Waals surface area contributed by atoms with Gasteiger partial charge in [-0.25, -0.2) is 0 Å². The van der Waals surface area contributed by atoms with Crippen molar-refractivity contribution < 1.29 is 14.3 Å². The number of aldehydes is 1. The number of methoxy groups -OCH3 is 1. The van der Waals surface area contributed by atoms with Gasteiger partial charge in [-0.1, -0.05) is 0 Å². The molecule has 0 unspecified atom stereocenters. The molecule has 0 aromatic heterocycles. The van der Waals surface area contributed by atoms with Gasteiger partial charge in [0.15, 0.2) is 0 Å². The zero-order valence-corrected chi connectivity index (χ0v) is 10.4. The van der Waals surface area contributed by atoms with Crippen molar-refractivity contribution in [1.82, 2.24) is 4.90 Å². The highest BCUT2D eigenvalue weighted by atomic mass is 16.5. The summed E-state index contributed by atoms with van der Waals surface area (Å²) in [5, 5.41) is 0. The van der Waals surface area contributed by atoms with E-state index in [0.717, 1.165) is 11.8 Å². The maximum absolute atomic E-state index is 11.8. The Bertz CT molecular complexity index is 413. The van der Waals surface area contributed by atoms with Crippen LogP contribution in [0.2, 0.25) is 0 Å². The van der Waals surface area contributed by atoms with E-state index in [1.165, 1.54) is 4.90 Å². The van der Waals surface area contributed by atoms with Crippen LogP contribution in [0, 0.1) is 0 Å². The van der Waals surface area contributed by atoms with Gasteiger partial charge in [-0.05, 0) is 30.2 Å². The summed E-state index contributed by atoms with van der Waals surface area (Å²) in [6.07, 6.45) is 1.87. The van der Waals surface area contributed by atoms with Gasteiger partial charge >= 0.3 is 0 Å². The van der Waals surface area contributed by atoms with E-state index in [0.29, 0.717) is 24.2 Å². The lowest BCUT2D eigenvalue weighted by atomic mass is 10.0. The summed E-state index contributed by atoms with van der Waals surface area (Å²) in [6, 6.07) is 5.27. The summed E-state index contributed by atoms with van der Waals surface area (Å²) in [4.78, 5) is 23.7. The fraction of sp³-hybridized carbons (Fsp3) is 0.385. The Morgan fingerprint density at radius 1 is 1.41 bits per heavy atom. The number of nitrogens with zero attached hydrogens (tertiary/aromatic N) is 1. The van der Waals surface area contributed by atoms with Crippen LogP contribution in [0.4, 0.5) is 0 Å². The molecule has 0 atom stereocenters. The quantitative estimate of drug-likeness (QED) is 0.727. The van der Waals surface area contributed by atoms with Crippen molar-refractivity contribution in [1.29, 1.82) is 0 Å². The third kappa shape index (κ3) is 3.31. The monoisotopic (exact) mass is 235 g/mol. The van der Waals surface area contributed by atoms with Gasteiger partial charge in [-0.3, -0.25) is 4.79 Å². The van der Waals surface area contributed by atoms with Gasteiger partial charge in [0, 0.05) is 26.1 Å². The largest absolute Gasteiger partial charge is 0.496 e. The van der Waals surface area contributed by atoms with Crippen LogP contribution in [0.3, 0.4) is 0 Å². The van der Waals surface area contributed by atoms with Crippen LogP contribution in [0.5, 0.6) is 5.75 Å². The molecule has 92 valence electrons. The zero-order chi connectivity index (χ0) is 12.8. The van der Waals surface area contributed by atoms with Gasteiger partial charge in [0.05, 0.1) is 7.11 Å². The number of amides is 1. The SMILES string of the molecule is COc1ccc(C(=O)N(C)C)cc1CCC=O. The van der Waals surface area contributed by atoms with Crippen molar-refractivity contribution >= 4 is 12.2 Å². The molecule has 0 aliphatic carbocycles. The normalized spacial score (nSPS) is 9.82. The van der Waals surface area contributed by atoms with Crippen LogP contribution >= 0.6 is 0 Å². The third-order valence-electron chi connectivity index (χ3n) is 2.47. The molecule has 0 aliphatic rings. The Morgan fingerprint density at radius 3 is 2.65 bits per heavy atom. The first-order valence-corrected chi connectivity index (χ1v) is 5.42. The maximum Gasteiger partial charge on any atom is 0.253 e. The highest BCUT2D eigenvalue weighted by Gasteiger charge is 2.11. The number of rotatable bonds is 5. The van der Waals surface area contributed by atoms with Gasteiger partial charge < -0.3 is 14.4 Å². The van der Waals surface area contributed by atoms with Gasteiger partial charge in [0.1, 0.15) is 12.0 Å². The molecule has 0 spiro atoms. The maximum atomic E-state index is 11.8. The van der Waals surface area contributed by atoms with Crippen molar-refractivity contribution in [2.75, 3.05) is 21.2 Å². The molecule has 0 fully saturated rings. The minimum atomic E-state index is -0.0555. The van der Waals surface area contributed by atoms with Crippen LogP contribution in [0.1, 0.15) is 22.3 Å². The summed E-state index contributed by atoms with van der Waals surface area (Å²) >= 11 is 0. The summed E-state index contributed by atoms with van der Waals surface area (Å²) in [5.41, 5.74) is 1.49. The number of benzene rings is 1. The molecule has 0 bridgehead atoms. The number of aryl methyl sites for hydroxylation is 1. The lowest BCUT2D eigenvalue weighted by Gasteiger charge is -2.13. The Hall–Kier alpha value is -1.84. The van der Waals surface area contributed by atoms with Crippen molar-refractivity contribution in [3.63, 3.8) is 0 Å². The fourth-order valence-electron chi connectivity index (χ4n) is 1.58. The molecule has 0 aliphatic heterocycles. The van der Waals surface area contributed by atoms with E-state index in [-0.39, 0.29) is 5.91 Å². The molecule has 1 aromatic rings. The fourth-order valence-corrected chi connectivity index (χ4v) is 1.58. The van der Waals surface area contributed by atoms with Crippen LogP contribution < -0.4 is 4.74 Å². The van der Waals surface area contributed by atoms with Crippen LogP contribution in [-0.2, 0) is 11.2 Å². The van der Waals surface area contributed by atoms with Gasteiger partial charge in [-0.2, -0.15) is 0 Å². The average Bonchev–Trinajstić information content (AvgIpc) is 2.34. The Kier molecular flexibility index (Phi) is 4.69. The molecule has 0 saturated carbocycles. The number of carbonyl (C=O) groups is 2. The Morgan fingerprint density at radius 2 is 2.12 bits per heavy atom. The zero-order valence-electron chi connectivity index (χ0n) is 10.4. The number of ether oxygens (including phenoxy) is 1. The molecule has 4 heteroatoms. The number of carbonyl (C=O) groups excluding carboxylic acids is 2. The molecule has 1 rings (SSSR count).